The number of hydrogen-bond donors (Lipinski definition) is 0. The average Bonchev–Trinajstić information content (AvgIpc) is 3.45. The molecule has 0 saturated heterocycles. The van der Waals surface area contributed by atoms with Gasteiger partial charge in [0.05, 0.1) is 0 Å². The second kappa shape index (κ2) is 65.0. The van der Waals surface area contributed by atoms with E-state index in [1.165, 1.54) is 38.5 Å². The fourth-order valence-corrected chi connectivity index (χ4v) is 7.76. The topological polar surface area (TPSA) is 78.9 Å². The predicted molar refractivity (Wildman–Crippen MR) is 343 cm³/mol. The fourth-order valence-electron chi connectivity index (χ4n) is 7.76. The van der Waals surface area contributed by atoms with Crippen LogP contribution in [0, 0.1) is 0 Å². The maximum atomic E-state index is 12.9. The summed E-state index contributed by atoms with van der Waals surface area (Å²) in [5.74, 6) is -1.04. The van der Waals surface area contributed by atoms with Gasteiger partial charge in [0.1, 0.15) is 13.2 Å². The van der Waals surface area contributed by atoms with E-state index >= 15 is 0 Å². The number of allylic oxidation sites excluding steroid dienone is 30. The van der Waals surface area contributed by atoms with Gasteiger partial charge in [0, 0.05) is 19.3 Å². The first-order valence-corrected chi connectivity index (χ1v) is 31.3. The normalized spacial score (nSPS) is 13.4. The summed E-state index contributed by atoms with van der Waals surface area (Å²) in [6, 6.07) is 0. The van der Waals surface area contributed by atoms with Crippen molar-refractivity contribution in [2.45, 2.75) is 245 Å². The summed E-state index contributed by atoms with van der Waals surface area (Å²) in [7, 11) is 0. The molecule has 0 aromatic heterocycles. The van der Waals surface area contributed by atoms with E-state index in [9.17, 15) is 14.4 Å². The third kappa shape index (κ3) is 63.2. The third-order valence-electron chi connectivity index (χ3n) is 12.4. The molecule has 0 aliphatic heterocycles. The average molecular weight is 1090 g/mol. The molecule has 440 valence electrons. The van der Waals surface area contributed by atoms with Crippen molar-refractivity contribution in [1.82, 2.24) is 0 Å². The van der Waals surface area contributed by atoms with E-state index < -0.39 is 6.10 Å². The van der Waals surface area contributed by atoms with Gasteiger partial charge in [0.25, 0.3) is 0 Å². The summed E-state index contributed by atoms with van der Waals surface area (Å²) in [6.45, 7) is 6.28. The minimum absolute atomic E-state index is 0.126. The Labute approximate surface area is 484 Å². The van der Waals surface area contributed by atoms with Gasteiger partial charge in [-0.3, -0.25) is 14.4 Å². The molecular weight excluding hydrogens is 973 g/mol. The first-order chi connectivity index (χ1) is 39.0. The molecule has 1 unspecified atom stereocenters. The summed E-state index contributed by atoms with van der Waals surface area (Å²) in [6.07, 6.45) is 97.6. The van der Waals surface area contributed by atoms with Crippen LogP contribution in [0.5, 0.6) is 0 Å². The highest BCUT2D eigenvalue weighted by atomic mass is 16.6. The number of carbonyl (C=O) groups is 3. The lowest BCUT2D eigenvalue weighted by molar-refractivity contribution is -0.167. The molecule has 0 radical (unpaired) electrons. The molecule has 1 atom stereocenters. The molecule has 0 rings (SSSR count). The van der Waals surface area contributed by atoms with Gasteiger partial charge in [-0.1, -0.05) is 248 Å². The number of carbonyl (C=O) groups excluding carboxylic acids is 3. The quantitative estimate of drug-likeness (QED) is 0.0261. The van der Waals surface area contributed by atoms with Crippen LogP contribution in [-0.4, -0.2) is 37.2 Å². The van der Waals surface area contributed by atoms with E-state index in [1.807, 2.05) is 0 Å². The summed E-state index contributed by atoms with van der Waals surface area (Å²) in [5, 5.41) is 0. The summed E-state index contributed by atoms with van der Waals surface area (Å²) >= 11 is 0. The predicted octanol–water partition coefficient (Wildman–Crippen LogP) is 21.7. The van der Waals surface area contributed by atoms with E-state index in [0.29, 0.717) is 12.8 Å². The van der Waals surface area contributed by atoms with Crippen LogP contribution in [0.2, 0.25) is 0 Å². The largest absolute Gasteiger partial charge is 0.462 e. The Kier molecular flexibility index (Phi) is 60.5. The Morgan fingerprint density at radius 3 is 0.835 bits per heavy atom. The van der Waals surface area contributed by atoms with Gasteiger partial charge in [-0.15, -0.1) is 0 Å². The van der Waals surface area contributed by atoms with Crippen LogP contribution in [0.15, 0.2) is 182 Å². The van der Waals surface area contributed by atoms with Crippen molar-refractivity contribution in [2.75, 3.05) is 13.2 Å². The molecule has 0 heterocycles. The third-order valence-corrected chi connectivity index (χ3v) is 12.4. The molecule has 0 saturated carbocycles. The molecule has 0 aromatic carbocycles. The van der Waals surface area contributed by atoms with Gasteiger partial charge >= 0.3 is 17.9 Å². The molecule has 0 spiro atoms. The second-order valence-corrected chi connectivity index (χ2v) is 19.8. The van der Waals surface area contributed by atoms with Crippen molar-refractivity contribution in [3.05, 3.63) is 182 Å². The zero-order valence-electron chi connectivity index (χ0n) is 50.3. The number of ether oxygens (including phenoxy) is 3. The summed E-state index contributed by atoms with van der Waals surface area (Å²) < 4.78 is 16.8. The standard InChI is InChI=1S/C73H112O6/c1-4-7-10-13-16-19-22-25-27-29-31-32-33-34-35-36-37-38-39-40-42-43-45-48-51-54-57-60-63-66-72(75)78-69-70(68-77-71(74)65-62-59-56-53-50-47-24-21-18-15-12-9-6-3)79-73(76)67-64-61-58-55-52-49-46-44-41-30-28-26-23-20-17-14-11-8-5-2/h7,9-10,12,16-21,25-28,31-32,34-35,37-38,40-42,44-45,47-48,50,54,57,70H,4-6,8,11,13-15,22-24,29-30,33,36,39,43,46,49,51-53,55-56,58-69H2,1-3H3/b10-7-,12-9-,19-16-,20-17-,21-18-,27-25-,28-26-,32-31-,35-34-,38-37-,42-40-,44-41-,48-45-,50-47-,57-54-. The van der Waals surface area contributed by atoms with Crippen molar-refractivity contribution in [3.63, 3.8) is 0 Å². The smallest absolute Gasteiger partial charge is 0.306 e. The highest BCUT2D eigenvalue weighted by Gasteiger charge is 2.19. The van der Waals surface area contributed by atoms with Crippen molar-refractivity contribution >= 4 is 17.9 Å². The van der Waals surface area contributed by atoms with E-state index in [-0.39, 0.29) is 44.0 Å². The molecule has 6 nitrogen and oxygen atoms in total. The SMILES string of the molecule is CC/C=C\C/C=C\C/C=C\C/C=C\C/C=C\C/C=C\C/C=C\C/C=C\C/C=C\CCCC(=O)OCC(COC(=O)CCCCC/C=C\C/C=C\C/C=C\CC)OC(=O)CCCCCCCC/C=C\C/C=C\C/C=C\CCCCC. The van der Waals surface area contributed by atoms with Crippen molar-refractivity contribution in [2.24, 2.45) is 0 Å². The van der Waals surface area contributed by atoms with Crippen LogP contribution in [0.1, 0.15) is 239 Å². The lowest BCUT2D eigenvalue weighted by Gasteiger charge is -2.18. The van der Waals surface area contributed by atoms with Crippen LogP contribution >= 0.6 is 0 Å². The minimum Gasteiger partial charge on any atom is -0.462 e. The van der Waals surface area contributed by atoms with Gasteiger partial charge in [0.2, 0.25) is 0 Å². The monoisotopic (exact) mass is 1080 g/mol. The van der Waals surface area contributed by atoms with E-state index in [4.69, 9.17) is 14.2 Å². The highest BCUT2D eigenvalue weighted by molar-refractivity contribution is 5.71. The van der Waals surface area contributed by atoms with Gasteiger partial charge < -0.3 is 14.2 Å². The molecule has 0 aliphatic rings. The van der Waals surface area contributed by atoms with E-state index in [2.05, 4.69) is 203 Å². The number of esters is 3. The van der Waals surface area contributed by atoms with Crippen LogP contribution in [0.25, 0.3) is 0 Å². The highest BCUT2D eigenvalue weighted by Crippen LogP contribution is 2.13. The summed E-state index contributed by atoms with van der Waals surface area (Å²) in [5.41, 5.74) is 0. The summed E-state index contributed by atoms with van der Waals surface area (Å²) in [4.78, 5) is 38.2. The van der Waals surface area contributed by atoms with E-state index in [0.717, 1.165) is 154 Å². The molecule has 0 amide bonds. The molecule has 0 N–H and O–H groups in total. The number of unbranched alkanes of at least 4 members (excludes halogenated alkanes) is 13. The van der Waals surface area contributed by atoms with Gasteiger partial charge in [-0.2, -0.15) is 0 Å². The zero-order chi connectivity index (χ0) is 57.1. The van der Waals surface area contributed by atoms with E-state index in [1.54, 1.807) is 0 Å². The zero-order valence-corrected chi connectivity index (χ0v) is 50.3. The van der Waals surface area contributed by atoms with Gasteiger partial charge in [-0.25, -0.2) is 0 Å². The molecule has 79 heavy (non-hydrogen) atoms. The van der Waals surface area contributed by atoms with Gasteiger partial charge in [-0.05, 0) is 154 Å². The lowest BCUT2D eigenvalue weighted by atomic mass is 10.1. The first-order valence-electron chi connectivity index (χ1n) is 31.3. The van der Waals surface area contributed by atoms with Crippen LogP contribution in [0.4, 0.5) is 0 Å². The van der Waals surface area contributed by atoms with Crippen molar-refractivity contribution in [1.29, 1.82) is 0 Å². The number of rotatable bonds is 54. The maximum Gasteiger partial charge on any atom is 0.306 e. The first kappa shape index (κ1) is 73.5. The Morgan fingerprint density at radius 2 is 0.506 bits per heavy atom. The molecule has 0 aromatic rings. The lowest BCUT2D eigenvalue weighted by Crippen LogP contribution is -2.30. The molecule has 0 bridgehead atoms. The molecule has 0 fully saturated rings. The van der Waals surface area contributed by atoms with Crippen LogP contribution in [-0.2, 0) is 28.6 Å². The molecule has 0 aliphatic carbocycles. The second-order valence-electron chi connectivity index (χ2n) is 19.8. The molecule has 6 heteroatoms. The Bertz CT molecular complexity index is 1870. The minimum atomic E-state index is -0.832. The Hall–Kier alpha value is -5.49. The van der Waals surface area contributed by atoms with Crippen molar-refractivity contribution < 1.29 is 28.6 Å². The Morgan fingerprint density at radius 1 is 0.266 bits per heavy atom. The molecular formula is C73H112O6. The number of hydrogen-bond acceptors (Lipinski definition) is 6. The maximum absolute atomic E-state index is 12.9. The fraction of sp³-hybridized carbons (Fsp3) is 0.548. The van der Waals surface area contributed by atoms with Crippen LogP contribution < -0.4 is 0 Å². The van der Waals surface area contributed by atoms with Gasteiger partial charge in [0.15, 0.2) is 6.10 Å². The van der Waals surface area contributed by atoms with Crippen LogP contribution in [0.3, 0.4) is 0 Å². The Balaban J connectivity index is 4.51. The van der Waals surface area contributed by atoms with Crippen molar-refractivity contribution in [3.8, 4) is 0 Å².